The molecule has 5 heteroatoms. The summed E-state index contributed by atoms with van der Waals surface area (Å²) in [5.74, 6) is 1.49. The van der Waals surface area contributed by atoms with E-state index in [1.54, 1.807) is 12.1 Å². The maximum atomic E-state index is 10.9. The molecule has 0 saturated carbocycles. The first-order valence-electron chi connectivity index (χ1n) is 9.19. The summed E-state index contributed by atoms with van der Waals surface area (Å²) in [4.78, 5) is 10.5. The van der Waals surface area contributed by atoms with E-state index in [1.807, 2.05) is 84.4 Å². The number of non-ortho nitro benzene ring substituents is 1. The van der Waals surface area contributed by atoms with Gasteiger partial charge < -0.3 is 4.42 Å². The van der Waals surface area contributed by atoms with E-state index in [-0.39, 0.29) is 5.69 Å². The van der Waals surface area contributed by atoms with E-state index in [1.165, 1.54) is 12.1 Å². The molecule has 5 nitrogen and oxygen atoms in total. The van der Waals surface area contributed by atoms with Gasteiger partial charge in [-0.05, 0) is 0 Å². The van der Waals surface area contributed by atoms with Crippen LogP contribution >= 0.6 is 0 Å². The van der Waals surface area contributed by atoms with E-state index in [0.29, 0.717) is 0 Å². The monoisotopic (exact) mass is 383 g/mol. The molecule has 1 heterocycles. The lowest BCUT2D eigenvalue weighted by Crippen LogP contribution is -2.21. The third-order valence-electron chi connectivity index (χ3n) is 4.73. The van der Waals surface area contributed by atoms with Crippen LogP contribution in [0, 0.1) is 10.1 Å². The molecular formula is C24H19N2O3+. The van der Waals surface area contributed by atoms with Crippen molar-refractivity contribution in [3.63, 3.8) is 0 Å². The summed E-state index contributed by atoms with van der Waals surface area (Å²) in [5.41, 5.74) is 2.87. The van der Waals surface area contributed by atoms with Crippen molar-refractivity contribution in [2.24, 2.45) is 0 Å². The first-order chi connectivity index (χ1) is 14.1. The Labute approximate surface area is 168 Å². The molecule has 0 fully saturated rings. The van der Waals surface area contributed by atoms with Crippen LogP contribution < -0.4 is 9.93 Å². The maximum Gasteiger partial charge on any atom is 0.269 e. The maximum absolute atomic E-state index is 10.9. The molecule has 4 aromatic rings. The van der Waals surface area contributed by atoms with Crippen LogP contribution in [0.4, 0.5) is 11.4 Å². The predicted octanol–water partition coefficient (Wildman–Crippen LogP) is 5.26. The molecule has 0 saturated heterocycles. The van der Waals surface area contributed by atoms with Gasteiger partial charge in [0.25, 0.3) is 5.69 Å². The summed E-state index contributed by atoms with van der Waals surface area (Å²) in [6, 6.07) is 30.3. The zero-order valence-electron chi connectivity index (χ0n) is 15.9. The number of rotatable bonds is 4. The third-order valence-corrected chi connectivity index (χ3v) is 4.73. The molecule has 4 rings (SSSR count). The van der Waals surface area contributed by atoms with Crippen LogP contribution in [0.5, 0.6) is 0 Å². The van der Waals surface area contributed by atoms with Gasteiger partial charge in [-0.25, -0.2) is 0 Å². The first kappa shape index (κ1) is 18.4. The molecule has 0 unspecified atom stereocenters. The highest BCUT2D eigenvalue weighted by atomic mass is 16.6. The lowest BCUT2D eigenvalue weighted by atomic mass is 10.1. The fourth-order valence-corrected chi connectivity index (χ4v) is 3.12. The lowest BCUT2D eigenvalue weighted by Gasteiger charge is -2.06. The van der Waals surface area contributed by atoms with Crippen LogP contribution in [0.25, 0.3) is 22.6 Å². The van der Waals surface area contributed by atoms with Crippen LogP contribution in [0.1, 0.15) is 0 Å². The third kappa shape index (κ3) is 3.99. The van der Waals surface area contributed by atoms with Gasteiger partial charge in [-0.3, -0.25) is 10.1 Å². The molecule has 0 aliphatic heterocycles. The number of hydrogen-bond acceptors (Lipinski definition) is 3. The van der Waals surface area contributed by atoms with Gasteiger partial charge in [-0.1, -0.05) is 60.7 Å². The Balaban J connectivity index is 1.92. The van der Waals surface area contributed by atoms with Crippen molar-refractivity contribution in [2.45, 2.75) is 0 Å². The van der Waals surface area contributed by atoms with E-state index >= 15 is 0 Å². The largest absolute Gasteiger partial charge is 0.456 e. The molecule has 0 N–H and O–H groups in total. The standard InChI is InChI=1S/C24H19N2O3/c1-25(20-12-14-21(15-13-20)26(27)28)22-16-23(18-8-4-2-5-9-18)29-24(17-22)19-10-6-3-7-11-19/h2-17H,1H3/q+1. The summed E-state index contributed by atoms with van der Waals surface area (Å²) in [7, 11) is 1.93. The van der Waals surface area contributed by atoms with Crippen LogP contribution in [0.3, 0.4) is 0 Å². The van der Waals surface area contributed by atoms with Gasteiger partial charge in [-0.2, -0.15) is 4.58 Å². The van der Waals surface area contributed by atoms with Gasteiger partial charge in [0.1, 0.15) is 18.6 Å². The van der Waals surface area contributed by atoms with Crippen molar-refractivity contribution >= 4 is 11.4 Å². The number of hydrogen-bond donors (Lipinski definition) is 0. The van der Waals surface area contributed by atoms with Crippen molar-refractivity contribution in [3.8, 4) is 22.6 Å². The zero-order chi connectivity index (χ0) is 20.2. The molecule has 142 valence electrons. The fraction of sp³-hybridized carbons (Fsp3) is 0.0417. The molecule has 0 aliphatic rings. The smallest absolute Gasteiger partial charge is 0.269 e. The molecule has 0 bridgehead atoms. The highest BCUT2D eigenvalue weighted by Crippen LogP contribution is 2.25. The summed E-state index contributed by atoms with van der Waals surface area (Å²) in [6.07, 6.45) is 0. The van der Waals surface area contributed by atoms with Crippen LogP contribution in [-0.4, -0.2) is 12.0 Å². The van der Waals surface area contributed by atoms with E-state index in [4.69, 9.17) is 4.42 Å². The van der Waals surface area contributed by atoms with Gasteiger partial charge >= 0.3 is 0 Å². The van der Waals surface area contributed by atoms with Crippen molar-refractivity contribution in [1.29, 1.82) is 0 Å². The van der Waals surface area contributed by atoms with Gasteiger partial charge in [0.2, 0.25) is 11.0 Å². The van der Waals surface area contributed by atoms with E-state index in [0.717, 1.165) is 33.7 Å². The quantitative estimate of drug-likeness (QED) is 0.274. The highest BCUT2D eigenvalue weighted by Gasteiger charge is 2.13. The Hall–Kier alpha value is -3.99. The van der Waals surface area contributed by atoms with E-state index < -0.39 is 4.92 Å². The van der Waals surface area contributed by atoms with Crippen molar-refractivity contribution < 1.29 is 9.34 Å². The minimum Gasteiger partial charge on any atom is -0.456 e. The Kier molecular flexibility index (Phi) is 5.03. The summed E-state index contributed by atoms with van der Waals surface area (Å²) >= 11 is 0. The first-order valence-corrected chi connectivity index (χ1v) is 9.19. The average Bonchev–Trinajstić information content (AvgIpc) is 2.79. The molecule has 0 radical (unpaired) electrons. The number of benzene rings is 3. The van der Waals surface area contributed by atoms with Gasteiger partial charge in [0.15, 0.2) is 0 Å². The lowest BCUT2D eigenvalue weighted by molar-refractivity contribution is -0.384. The van der Waals surface area contributed by atoms with Crippen molar-refractivity contribution in [2.75, 3.05) is 7.05 Å². The molecule has 1 aromatic heterocycles. The Morgan fingerprint density at radius 1 is 0.690 bits per heavy atom. The molecule has 0 spiro atoms. The second kappa shape index (κ2) is 7.94. The van der Waals surface area contributed by atoms with E-state index in [9.17, 15) is 10.1 Å². The minimum absolute atomic E-state index is 0.0696. The Morgan fingerprint density at radius 2 is 1.14 bits per heavy atom. The fourth-order valence-electron chi connectivity index (χ4n) is 3.12. The molecule has 0 amide bonds. The van der Waals surface area contributed by atoms with Crippen LogP contribution in [-0.2, 0) is 0 Å². The van der Waals surface area contributed by atoms with E-state index in [2.05, 4.69) is 0 Å². The van der Waals surface area contributed by atoms with Gasteiger partial charge in [0.05, 0.1) is 17.1 Å². The SMILES string of the molecule is C[N+](c1ccc([N+](=O)[O-])cc1)=c1cc(-c2ccccc2)oc(-c2ccccc2)c1. The molecule has 29 heavy (non-hydrogen) atoms. The van der Waals surface area contributed by atoms with Crippen molar-refractivity contribution in [3.05, 3.63) is 113 Å². The Morgan fingerprint density at radius 3 is 1.59 bits per heavy atom. The number of nitrogens with zero attached hydrogens (tertiary/aromatic N) is 2. The molecular weight excluding hydrogens is 364 g/mol. The summed E-state index contributed by atoms with van der Waals surface area (Å²) in [5, 5.41) is 11.9. The number of nitro benzene ring substituents is 1. The topological polar surface area (TPSA) is 59.3 Å². The summed E-state index contributed by atoms with van der Waals surface area (Å²) < 4.78 is 8.20. The number of nitro groups is 1. The minimum atomic E-state index is -0.397. The summed E-state index contributed by atoms with van der Waals surface area (Å²) in [6.45, 7) is 0. The van der Waals surface area contributed by atoms with Crippen LogP contribution in [0.2, 0.25) is 0 Å². The highest BCUT2D eigenvalue weighted by molar-refractivity contribution is 5.62. The van der Waals surface area contributed by atoms with Crippen LogP contribution in [0.15, 0.2) is 101 Å². The molecule has 3 aromatic carbocycles. The van der Waals surface area contributed by atoms with Crippen molar-refractivity contribution in [1.82, 2.24) is 4.58 Å². The molecule has 0 atom stereocenters. The van der Waals surface area contributed by atoms with Gasteiger partial charge in [0, 0.05) is 35.4 Å². The van der Waals surface area contributed by atoms with Gasteiger partial charge in [-0.15, -0.1) is 0 Å². The zero-order valence-corrected chi connectivity index (χ0v) is 15.9. The Bertz CT molecular complexity index is 1150. The average molecular weight is 383 g/mol. The molecule has 0 aliphatic carbocycles. The second-order valence-electron chi connectivity index (χ2n) is 6.61. The normalized spacial score (nSPS) is 10.5. The second-order valence-corrected chi connectivity index (χ2v) is 6.61. The predicted molar refractivity (Wildman–Crippen MR) is 114 cm³/mol.